The molecule has 0 aromatic heterocycles. The lowest BCUT2D eigenvalue weighted by atomic mass is 9.97. The van der Waals surface area contributed by atoms with Gasteiger partial charge in [-0.15, -0.1) is 0 Å². The molecule has 168 valence electrons. The van der Waals surface area contributed by atoms with Crippen molar-refractivity contribution in [1.82, 2.24) is 4.31 Å². The second-order valence-corrected chi connectivity index (χ2v) is 16.9. The Morgan fingerprint density at radius 1 is 0.875 bits per heavy atom. The normalized spacial score (nSPS) is 19.8. The highest BCUT2D eigenvalue weighted by molar-refractivity contribution is 7.89. The Hall–Kier alpha value is -2.21. The van der Waals surface area contributed by atoms with Crippen LogP contribution in [0.3, 0.4) is 0 Å². The first-order valence-corrected chi connectivity index (χ1v) is 16.3. The van der Waals surface area contributed by atoms with Crippen LogP contribution in [0.2, 0.25) is 19.1 Å². The fraction of sp³-hybridized carbons (Fsp3) is 0.333. The van der Waals surface area contributed by atoms with Crippen LogP contribution in [0, 0.1) is 6.92 Å². The lowest BCUT2D eigenvalue weighted by Crippen LogP contribution is -2.42. The molecule has 0 unspecified atom stereocenters. The molecule has 1 aliphatic heterocycles. The fourth-order valence-electron chi connectivity index (χ4n) is 5.04. The molecule has 1 fully saturated rings. The van der Waals surface area contributed by atoms with Crippen molar-refractivity contribution in [2.24, 2.45) is 0 Å². The molecule has 0 saturated carbocycles. The van der Waals surface area contributed by atoms with E-state index in [1.165, 1.54) is 11.1 Å². The van der Waals surface area contributed by atoms with Crippen LogP contribution in [0.15, 0.2) is 89.8 Å². The molecule has 1 saturated heterocycles. The maximum absolute atomic E-state index is 13.7. The largest absolute Gasteiger partial charge is 0.243 e. The molecule has 2 atom stereocenters. The molecule has 0 bridgehead atoms. The Balaban J connectivity index is 1.63. The second kappa shape index (κ2) is 9.34. The van der Waals surface area contributed by atoms with Crippen molar-refractivity contribution in [3.8, 4) is 0 Å². The molecule has 0 radical (unpaired) electrons. The molecule has 3 nitrogen and oxygen atoms in total. The zero-order valence-electron chi connectivity index (χ0n) is 19.2. The molecule has 0 amide bonds. The van der Waals surface area contributed by atoms with Crippen LogP contribution in [0.25, 0.3) is 0 Å². The van der Waals surface area contributed by atoms with Crippen LogP contribution in [-0.2, 0) is 16.1 Å². The highest BCUT2D eigenvalue weighted by Gasteiger charge is 2.43. The molecule has 4 rings (SSSR count). The van der Waals surface area contributed by atoms with E-state index >= 15 is 0 Å². The van der Waals surface area contributed by atoms with E-state index < -0.39 is 18.1 Å². The summed E-state index contributed by atoms with van der Waals surface area (Å²) in [5, 5.41) is 0. The summed E-state index contributed by atoms with van der Waals surface area (Å²) in [5.74, 6) is 0.239. The van der Waals surface area contributed by atoms with E-state index in [2.05, 4.69) is 67.7 Å². The monoisotopic (exact) mass is 463 g/mol. The third-order valence-electron chi connectivity index (χ3n) is 6.58. The zero-order chi connectivity index (χ0) is 22.8. The van der Waals surface area contributed by atoms with Crippen molar-refractivity contribution in [1.29, 1.82) is 0 Å². The van der Waals surface area contributed by atoms with Crippen molar-refractivity contribution in [3.63, 3.8) is 0 Å². The molecular formula is C27H33NO2SSi. The number of rotatable bonds is 7. The van der Waals surface area contributed by atoms with Gasteiger partial charge in [0, 0.05) is 12.6 Å². The Morgan fingerprint density at radius 3 is 2.09 bits per heavy atom. The van der Waals surface area contributed by atoms with Gasteiger partial charge in [-0.05, 0) is 49.0 Å². The van der Waals surface area contributed by atoms with Gasteiger partial charge in [0.2, 0.25) is 10.0 Å². The van der Waals surface area contributed by atoms with E-state index in [1.807, 2.05) is 29.4 Å². The molecule has 3 aromatic rings. The molecule has 0 N–H and O–H groups in total. The van der Waals surface area contributed by atoms with Crippen molar-refractivity contribution < 1.29 is 8.42 Å². The van der Waals surface area contributed by atoms with E-state index in [1.54, 1.807) is 12.1 Å². The predicted molar refractivity (Wildman–Crippen MR) is 135 cm³/mol. The number of sulfonamides is 1. The quantitative estimate of drug-likeness (QED) is 0.401. The highest BCUT2D eigenvalue weighted by Crippen LogP contribution is 2.39. The third kappa shape index (κ3) is 5.22. The molecule has 0 spiro atoms. The van der Waals surface area contributed by atoms with Gasteiger partial charge < -0.3 is 0 Å². The molecule has 32 heavy (non-hydrogen) atoms. The lowest BCUT2D eigenvalue weighted by Gasteiger charge is -2.31. The summed E-state index contributed by atoms with van der Waals surface area (Å²) in [7, 11) is -5.21. The molecule has 1 aliphatic rings. The van der Waals surface area contributed by atoms with Crippen LogP contribution in [0.5, 0.6) is 0 Å². The van der Waals surface area contributed by atoms with Crippen LogP contribution >= 0.6 is 0 Å². The predicted octanol–water partition coefficient (Wildman–Crippen LogP) is 6.03. The van der Waals surface area contributed by atoms with Crippen molar-refractivity contribution in [2.75, 3.05) is 6.54 Å². The van der Waals surface area contributed by atoms with E-state index in [0.717, 1.165) is 24.1 Å². The number of aryl methyl sites for hydroxylation is 1. The smallest absolute Gasteiger partial charge is 0.207 e. The Labute approximate surface area is 194 Å². The minimum absolute atomic E-state index is 0.0388. The summed E-state index contributed by atoms with van der Waals surface area (Å²) >= 11 is 0. The van der Waals surface area contributed by atoms with Gasteiger partial charge in [0.05, 0.1) is 13.0 Å². The van der Waals surface area contributed by atoms with Crippen LogP contribution in [0.1, 0.15) is 29.0 Å². The minimum atomic E-state index is -3.54. The summed E-state index contributed by atoms with van der Waals surface area (Å²) in [4.78, 5) is 0.407. The van der Waals surface area contributed by atoms with Gasteiger partial charge in [-0.2, -0.15) is 4.31 Å². The average Bonchev–Trinajstić information content (AvgIpc) is 3.19. The topological polar surface area (TPSA) is 37.4 Å². The molecule has 1 heterocycles. The minimum Gasteiger partial charge on any atom is -0.207 e. The Kier molecular flexibility index (Phi) is 6.70. The maximum Gasteiger partial charge on any atom is 0.243 e. The first kappa shape index (κ1) is 23.0. The summed E-state index contributed by atoms with van der Waals surface area (Å²) in [6.07, 6.45) is 0.889. The van der Waals surface area contributed by atoms with Gasteiger partial charge in [0.15, 0.2) is 0 Å². The molecule has 0 aliphatic carbocycles. The first-order chi connectivity index (χ1) is 15.2. The van der Waals surface area contributed by atoms with Gasteiger partial charge in [-0.25, -0.2) is 8.42 Å². The highest BCUT2D eigenvalue weighted by atomic mass is 32.2. The zero-order valence-corrected chi connectivity index (χ0v) is 21.1. The third-order valence-corrected chi connectivity index (χ3v) is 11.5. The standard InChI is InChI=1S/C27H33NO2SSi/c1-22-14-16-27(17-15-22)31(29,30)28-19-25(24-12-8-5-9-13-24)18-26(28)21-32(2,3)20-23-10-6-4-7-11-23/h4-17,25-26H,18-21H2,1-3H3/t25-,26-/m0/s1. The summed E-state index contributed by atoms with van der Waals surface area (Å²) in [6, 6.07) is 30.4. The SMILES string of the molecule is Cc1ccc(S(=O)(=O)N2C[C@@H](c3ccccc3)C[C@H]2C[Si](C)(C)Cc2ccccc2)cc1. The maximum atomic E-state index is 13.7. The van der Waals surface area contributed by atoms with Crippen LogP contribution < -0.4 is 0 Å². The van der Waals surface area contributed by atoms with Gasteiger partial charge >= 0.3 is 0 Å². The number of benzene rings is 3. The second-order valence-electron chi connectivity index (χ2n) is 9.92. The Bertz CT molecular complexity index is 1130. The Morgan fingerprint density at radius 2 is 1.47 bits per heavy atom. The molecule has 5 heteroatoms. The number of hydrogen-bond acceptors (Lipinski definition) is 2. The van der Waals surface area contributed by atoms with E-state index in [4.69, 9.17) is 0 Å². The van der Waals surface area contributed by atoms with Gasteiger partial charge in [0.1, 0.15) is 0 Å². The lowest BCUT2D eigenvalue weighted by molar-refractivity contribution is 0.404. The number of hydrogen-bond donors (Lipinski definition) is 0. The van der Waals surface area contributed by atoms with Crippen LogP contribution in [0.4, 0.5) is 0 Å². The van der Waals surface area contributed by atoms with Crippen molar-refractivity contribution in [2.45, 2.75) is 55.4 Å². The fourth-order valence-corrected chi connectivity index (χ4v) is 10.00. The molecular weight excluding hydrogens is 430 g/mol. The van der Waals surface area contributed by atoms with Gasteiger partial charge in [-0.3, -0.25) is 0 Å². The van der Waals surface area contributed by atoms with Gasteiger partial charge in [0.25, 0.3) is 0 Å². The van der Waals surface area contributed by atoms with E-state index in [0.29, 0.717) is 11.4 Å². The summed E-state index contributed by atoms with van der Waals surface area (Å²) in [6.45, 7) is 7.33. The van der Waals surface area contributed by atoms with Crippen molar-refractivity contribution >= 4 is 18.1 Å². The summed E-state index contributed by atoms with van der Waals surface area (Å²) in [5.41, 5.74) is 3.66. The van der Waals surface area contributed by atoms with Crippen LogP contribution in [-0.4, -0.2) is 33.4 Å². The average molecular weight is 464 g/mol. The van der Waals surface area contributed by atoms with Crippen molar-refractivity contribution in [3.05, 3.63) is 102 Å². The molecule has 3 aromatic carbocycles. The van der Waals surface area contributed by atoms with Gasteiger partial charge in [-0.1, -0.05) is 97.0 Å². The number of nitrogens with zero attached hydrogens (tertiary/aromatic N) is 1. The first-order valence-electron chi connectivity index (χ1n) is 11.4. The summed E-state index contributed by atoms with van der Waals surface area (Å²) < 4.78 is 29.3. The van der Waals surface area contributed by atoms with E-state index in [-0.39, 0.29) is 12.0 Å². The van der Waals surface area contributed by atoms with E-state index in [9.17, 15) is 8.42 Å².